The molecule has 2 rings (SSSR count). The summed E-state index contributed by atoms with van der Waals surface area (Å²) >= 11 is 9.26. The number of benzene rings is 1. The van der Waals surface area contributed by atoms with Gasteiger partial charge in [0.25, 0.3) is 5.91 Å². The van der Waals surface area contributed by atoms with Gasteiger partial charge in [0.15, 0.2) is 11.9 Å². The molecule has 5 heteroatoms. The molecule has 0 aliphatic carbocycles. The van der Waals surface area contributed by atoms with E-state index in [4.69, 9.17) is 16.3 Å². The number of hydrogen-bond donors (Lipinski definition) is 1. The molecule has 0 spiro atoms. The molecule has 0 radical (unpaired) electrons. The smallest absolute Gasteiger partial charge is 0.265 e. The van der Waals surface area contributed by atoms with E-state index >= 15 is 0 Å². The zero-order valence-electron chi connectivity index (χ0n) is 8.88. The highest BCUT2D eigenvalue weighted by atomic mass is 79.9. The number of fused-ring (bicyclic) bond motifs is 1. The molecule has 0 saturated carbocycles. The fourth-order valence-electron chi connectivity index (χ4n) is 1.60. The summed E-state index contributed by atoms with van der Waals surface area (Å²) in [7, 11) is 0. The highest BCUT2D eigenvalue weighted by Crippen LogP contribution is 2.40. The van der Waals surface area contributed by atoms with E-state index in [-0.39, 0.29) is 11.8 Å². The lowest BCUT2D eigenvalue weighted by Gasteiger charge is -2.29. The summed E-state index contributed by atoms with van der Waals surface area (Å²) in [6, 6.07) is 3.42. The summed E-state index contributed by atoms with van der Waals surface area (Å²) < 4.78 is 6.42. The molecule has 1 aliphatic heterocycles. The van der Waals surface area contributed by atoms with Crippen LogP contribution in [0.5, 0.6) is 5.75 Å². The normalized spacial score (nSPS) is 19.1. The summed E-state index contributed by atoms with van der Waals surface area (Å²) in [4.78, 5) is 11.7. The molecule has 1 aromatic carbocycles. The van der Waals surface area contributed by atoms with Crippen LogP contribution in [0.3, 0.4) is 0 Å². The molecule has 1 aromatic rings. The minimum Gasteiger partial charge on any atom is -0.477 e. The molecule has 16 heavy (non-hydrogen) atoms. The number of hydrogen-bond acceptors (Lipinski definition) is 2. The molecular weight excluding hydrogens is 293 g/mol. The third kappa shape index (κ3) is 2.04. The topological polar surface area (TPSA) is 38.3 Å². The minimum atomic E-state index is -0.454. The fourth-order valence-corrected chi connectivity index (χ4v) is 2.50. The molecule has 1 amide bonds. The average molecular weight is 305 g/mol. The Labute approximate surface area is 107 Å². The SMILES string of the molecule is CC(C)C1Oc2c(Br)cc(Cl)cc2NC1=O. The minimum absolute atomic E-state index is 0.121. The largest absolute Gasteiger partial charge is 0.477 e. The van der Waals surface area contributed by atoms with Gasteiger partial charge in [-0.05, 0) is 34.0 Å². The molecule has 1 unspecified atom stereocenters. The monoisotopic (exact) mass is 303 g/mol. The number of amides is 1. The maximum Gasteiger partial charge on any atom is 0.265 e. The highest BCUT2D eigenvalue weighted by molar-refractivity contribution is 9.10. The van der Waals surface area contributed by atoms with Crippen molar-refractivity contribution in [2.75, 3.05) is 5.32 Å². The number of rotatable bonds is 1. The van der Waals surface area contributed by atoms with Gasteiger partial charge in [-0.15, -0.1) is 0 Å². The van der Waals surface area contributed by atoms with Crippen molar-refractivity contribution in [1.82, 2.24) is 0 Å². The molecule has 86 valence electrons. The first-order valence-electron chi connectivity index (χ1n) is 4.95. The van der Waals surface area contributed by atoms with Gasteiger partial charge in [-0.1, -0.05) is 25.4 Å². The summed E-state index contributed by atoms with van der Waals surface area (Å²) in [6.45, 7) is 3.89. The molecule has 1 N–H and O–H groups in total. The zero-order valence-corrected chi connectivity index (χ0v) is 11.2. The lowest BCUT2D eigenvalue weighted by Crippen LogP contribution is -2.40. The number of carbonyl (C=O) groups is 1. The van der Waals surface area contributed by atoms with E-state index in [0.717, 1.165) is 4.47 Å². The number of carbonyl (C=O) groups excluding carboxylic acids is 1. The molecule has 0 bridgehead atoms. The fraction of sp³-hybridized carbons (Fsp3) is 0.364. The van der Waals surface area contributed by atoms with Gasteiger partial charge >= 0.3 is 0 Å². The van der Waals surface area contributed by atoms with Gasteiger partial charge < -0.3 is 10.1 Å². The van der Waals surface area contributed by atoms with Crippen molar-refractivity contribution >= 4 is 39.1 Å². The van der Waals surface area contributed by atoms with E-state index in [0.29, 0.717) is 16.5 Å². The van der Waals surface area contributed by atoms with Crippen LogP contribution in [-0.2, 0) is 4.79 Å². The van der Waals surface area contributed by atoms with Gasteiger partial charge in [-0.25, -0.2) is 0 Å². The molecule has 3 nitrogen and oxygen atoms in total. The van der Waals surface area contributed by atoms with Crippen molar-refractivity contribution < 1.29 is 9.53 Å². The van der Waals surface area contributed by atoms with Gasteiger partial charge in [0.1, 0.15) is 0 Å². The van der Waals surface area contributed by atoms with Crippen LogP contribution in [0.4, 0.5) is 5.69 Å². The van der Waals surface area contributed by atoms with Crippen LogP contribution in [0.2, 0.25) is 5.02 Å². The maximum absolute atomic E-state index is 11.7. The third-order valence-electron chi connectivity index (χ3n) is 2.37. The Balaban J connectivity index is 2.43. The summed E-state index contributed by atoms with van der Waals surface area (Å²) in [5.41, 5.74) is 0.612. The van der Waals surface area contributed by atoms with Gasteiger partial charge in [0.05, 0.1) is 10.2 Å². The Morgan fingerprint density at radius 1 is 1.50 bits per heavy atom. The van der Waals surface area contributed by atoms with Crippen molar-refractivity contribution in [3.05, 3.63) is 21.6 Å². The van der Waals surface area contributed by atoms with Crippen molar-refractivity contribution in [1.29, 1.82) is 0 Å². The first-order valence-corrected chi connectivity index (χ1v) is 6.12. The number of anilines is 1. The third-order valence-corrected chi connectivity index (χ3v) is 3.18. The van der Waals surface area contributed by atoms with Gasteiger partial charge in [0, 0.05) is 5.02 Å². The van der Waals surface area contributed by atoms with Crippen LogP contribution in [0.25, 0.3) is 0 Å². The second-order valence-corrected chi connectivity index (χ2v) is 5.33. The Bertz CT molecular complexity index is 448. The van der Waals surface area contributed by atoms with Crippen LogP contribution in [0, 0.1) is 5.92 Å². The first kappa shape index (κ1) is 11.7. The highest BCUT2D eigenvalue weighted by Gasteiger charge is 2.31. The van der Waals surface area contributed by atoms with E-state index in [1.807, 2.05) is 13.8 Å². The van der Waals surface area contributed by atoms with E-state index < -0.39 is 6.10 Å². The molecule has 1 aliphatic rings. The second-order valence-electron chi connectivity index (χ2n) is 4.04. The summed E-state index contributed by atoms with van der Waals surface area (Å²) in [5.74, 6) is 0.634. The van der Waals surface area contributed by atoms with E-state index in [2.05, 4.69) is 21.2 Å². The molecular formula is C11H11BrClNO2. The quantitative estimate of drug-likeness (QED) is 0.863. The van der Waals surface area contributed by atoms with Crippen molar-refractivity contribution in [3.63, 3.8) is 0 Å². The number of ether oxygens (including phenoxy) is 1. The Morgan fingerprint density at radius 2 is 2.19 bits per heavy atom. The molecule has 0 saturated heterocycles. The van der Waals surface area contributed by atoms with E-state index in [1.54, 1.807) is 12.1 Å². The van der Waals surface area contributed by atoms with Crippen LogP contribution >= 0.6 is 27.5 Å². The van der Waals surface area contributed by atoms with Crippen LogP contribution in [0.1, 0.15) is 13.8 Å². The van der Waals surface area contributed by atoms with Crippen molar-refractivity contribution in [2.24, 2.45) is 5.92 Å². The molecule has 0 aromatic heterocycles. The maximum atomic E-state index is 11.7. The van der Waals surface area contributed by atoms with Gasteiger partial charge in [-0.2, -0.15) is 0 Å². The van der Waals surface area contributed by atoms with Crippen LogP contribution in [0.15, 0.2) is 16.6 Å². The predicted molar refractivity (Wildman–Crippen MR) is 67.0 cm³/mol. The molecule has 0 fully saturated rings. The second kappa shape index (κ2) is 4.26. The number of halogens is 2. The van der Waals surface area contributed by atoms with Crippen LogP contribution in [-0.4, -0.2) is 12.0 Å². The van der Waals surface area contributed by atoms with Crippen molar-refractivity contribution in [2.45, 2.75) is 20.0 Å². The Morgan fingerprint density at radius 3 is 2.81 bits per heavy atom. The summed E-state index contributed by atoms with van der Waals surface area (Å²) in [5, 5.41) is 3.35. The first-order chi connectivity index (χ1) is 7.49. The molecule has 1 atom stereocenters. The zero-order chi connectivity index (χ0) is 11.9. The Hall–Kier alpha value is -0.740. The summed E-state index contributed by atoms with van der Waals surface area (Å²) in [6.07, 6.45) is -0.454. The molecule has 1 heterocycles. The van der Waals surface area contributed by atoms with Gasteiger partial charge in [0.2, 0.25) is 0 Å². The van der Waals surface area contributed by atoms with Crippen molar-refractivity contribution in [3.8, 4) is 5.75 Å². The van der Waals surface area contributed by atoms with E-state index in [9.17, 15) is 4.79 Å². The van der Waals surface area contributed by atoms with Crippen LogP contribution < -0.4 is 10.1 Å². The van der Waals surface area contributed by atoms with E-state index in [1.165, 1.54) is 0 Å². The van der Waals surface area contributed by atoms with Gasteiger partial charge in [-0.3, -0.25) is 4.79 Å². The standard InChI is InChI=1S/C11H11BrClNO2/c1-5(2)9-11(15)14-8-4-6(13)3-7(12)10(8)16-9/h3-5,9H,1-2H3,(H,14,15). The lowest BCUT2D eigenvalue weighted by atomic mass is 10.0. The lowest BCUT2D eigenvalue weighted by molar-refractivity contribution is -0.125. The predicted octanol–water partition coefficient (Wildman–Crippen LogP) is 3.46. The number of nitrogens with one attached hydrogen (secondary N) is 1. The average Bonchev–Trinajstić information content (AvgIpc) is 2.15. The Kier molecular flexibility index (Phi) is 3.13.